The number of nitrogens with one attached hydrogen (secondary N) is 1. The number of ether oxygens (including phenoxy) is 1. The summed E-state index contributed by atoms with van der Waals surface area (Å²) in [5.74, 6) is -1.17. The first-order chi connectivity index (χ1) is 13.8. The summed E-state index contributed by atoms with van der Waals surface area (Å²) in [6.45, 7) is 4.33. The molecule has 1 N–H and O–H groups in total. The molecule has 1 aromatic carbocycles. The lowest BCUT2D eigenvalue weighted by Crippen LogP contribution is -2.23. The molecule has 0 bridgehead atoms. The van der Waals surface area contributed by atoms with Gasteiger partial charge in [-0.15, -0.1) is 0 Å². The Kier molecular flexibility index (Phi) is 6.10. The van der Waals surface area contributed by atoms with E-state index in [1.807, 2.05) is 24.3 Å². The summed E-state index contributed by atoms with van der Waals surface area (Å²) < 4.78 is 6.16. The number of benzene rings is 1. The van der Waals surface area contributed by atoms with Crippen LogP contribution in [-0.2, 0) is 20.9 Å². The molecular formula is C19H23N5O5. The number of hydrogen-bond acceptors (Lipinski definition) is 7. The number of aryl methyl sites for hydroxylation is 1. The van der Waals surface area contributed by atoms with Gasteiger partial charge >= 0.3 is 11.7 Å². The number of rotatable bonds is 7. The highest BCUT2D eigenvalue weighted by atomic mass is 16.6. The number of carbonyl (C=O) groups excluding carboxylic acids is 2. The average Bonchev–Trinajstić information content (AvgIpc) is 3.29. The third-order valence-corrected chi connectivity index (χ3v) is 4.79. The molecule has 1 aliphatic rings. The molecule has 1 fully saturated rings. The SMILES string of the molecule is Cc1nn(CC(=O)OCC(=O)Nc2ccc(N3CCCC3)cc2)c(C)c1[N+](=O)[O-]. The third kappa shape index (κ3) is 4.89. The van der Waals surface area contributed by atoms with E-state index in [1.54, 1.807) is 0 Å². The maximum atomic E-state index is 12.0. The van der Waals surface area contributed by atoms with E-state index in [9.17, 15) is 19.7 Å². The smallest absolute Gasteiger partial charge is 0.328 e. The quantitative estimate of drug-likeness (QED) is 0.429. The monoisotopic (exact) mass is 401 g/mol. The van der Waals surface area contributed by atoms with E-state index in [0.717, 1.165) is 18.8 Å². The molecule has 0 radical (unpaired) electrons. The van der Waals surface area contributed by atoms with Gasteiger partial charge in [-0.2, -0.15) is 5.10 Å². The highest BCUT2D eigenvalue weighted by Crippen LogP contribution is 2.22. The van der Waals surface area contributed by atoms with Gasteiger partial charge < -0.3 is 15.0 Å². The molecule has 0 unspecified atom stereocenters. The number of esters is 1. The minimum Gasteiger partial charge on any atom is -0.454 e. The fourth-order valence-electron chi connectivity index (χ4n) is 3.35. The number of hydrogen-bond donors (Lipinski definition) is 1. The van der Waals surface area contributed by atoms with E-state index in [-0.39, 0.29) is 23.6 Å². The van der Waals surface area contributed by atoms with Gasteiger partial charge in [0.25, 0.3) is 5.91 Å². The average molecular weight is 401 g/mol. The molecule has 0 spiro atoms. The molecule has 0 atom stereocenters. The van der Waals surface area contributed by atoms with Crippen LogP contribution in [-0.4, -0.2) is 46.3 Å². The van der Waals surface area contributed by atoms with Crippen LogP contribution in [0.5, 0.6) is 0 Å². The first-order valence-electron chi connectivity index (χ1n) is 9.34. The van der Waals surface area contributed by atoms with Crippen LogP contribution in [0.3, 0.4) is 0 Å². The minimum absolute atomic E-state index is 0.132. The number of nitro groups is 1. The van der Waals surface area contributed by atoms with E-state index in [4.69, 9.17) is 4.74 Å². The van der Waals surface area contributed by atoms with Crippen LogP contribution < -0.4 is 10.2 Å². The van der Waals surface area contributed by atoms with Crippen LogP contribution in [0.4, 0.5) is 17.1 Å². The Balaban J connectivity index is 1.48. The van der Waals surface area contributed by atoms with Crippen molar-refractivity contribution >= 4 is 28.9 Å². The fourth-order valence-corrected chi connectivity index (χ4v) is 3.35. The molecule has 0 saturated carbocycles. The molecule has 2 heterocycles. The standard InChI is InChI=1S/C19H23N5O5/c1-13-19(24(27)28)14(2)23(21-13)11-18(26)29-12-17(25)20-15-5-7-16(8-6-15)22-9-3-4-10-22/h5-8H,3-4,9-12H2,1-2H3,(H,20,25). The second-order valence-corrected chi connectivity index (χ2v) is 6.88. The van der Waals surface area contributed by atoms with Gasteiger partial charge in [0.2, 0.25) is 0 Å². The van der Waals surface area contributed by atoms with E-state index in [0.29, 0.717) is 5.69 Å². The molecule has 1 aliphatic heterocycles. The van der Waals surface area contributed by atoms with Crippen LogP contribution in [0.15, 0.2) is 24.3 Å². The van der Waals surface area contributed by atoms with Crippen molar-refractivity contribution in [3.8, 4) is 0 Å². The van der Waals surface area contributed by atoms with Gasteiger partial charge in [-0.25, -0.2) is 0 Å². The normalized spacial score (nSPS) is 13.4. The summed E-state index contributed by atoms with van der Waals surface area (Å²) >= 11 is 0. The molecule has 1 aromatic heterocycles. The molecule has 154 valence electrons. The highest BCUT2D eigenvalue weighted by molar-refractivity contribution is 5.92. The van der Waals surface area contributed by atoms with Gasteiger partial charge in [0.05, 0.1) is 4.92 Å². The van der Waals surface area contributed by atoms with E-state index in [2.05, 4.69) is 15.3 Å². The number of carbonyl (C=O) groups is 2. The number of nitrogens with zero attached hydrogens (tertiary/aromatic N) is 4. The Morgan fingerprint density at radius 2 is 1.86 bits per heavy atom. The highest BCUT2D eigenvalue weighted by Gasteiger charge is 2.23. The first kappa shape index (κ1) is 20.3. The number of aromatic nitrogens is 2. The van der Waals surface area contributed by atoms with Crippen molar-refractivity contribution in [1.82, 2.24) is 9.78 Å². The van der Waals surface area contributed by atoms with Crippen molar-refractivity contribution in [2.75, 3.05) is 29.9 Å². The van der Waals surface area contributed by atoms with E-state index in [1.165, 1.54) is 31.4 Å². The Hall–Kier alpha value is -3.43. The van der Waals surface area contributed by atoms with Crippen molar-refractivity contribution in [1.29, 1.82) is 0 Å². The van der Waals surface area contributed by atoms with Gasteiger partial charge in [0.15, 0.2) is 6.61 Å². The molecule has 10 nitrogen and oxygen atoms in total. The Labute approximate surface area is 167 Å². The van der Waals surface area contributed by atoms with Crippen molar-refractivity contribution in [3.63, 3.8) is 0 Å². The Morgan fingerprint density at radius 1 is 1.21 bits per heavy atom. The van der Waals surface area contributed by atoms with E-state index < -0.39 is 23.4 Å². The maximum Gasteiger partial charge on any atom is 0.328 e. The van der Waals surface area contributed by atoms with Gasteiger partial charge in [0, 0.05) is 24.5 Å². The van der Waals surface area contributed by atoms with Gasteiger partial charge in [-0.1, -0.05) is 0 Å². The molecule has 1 amide bonds. The third-order valence-electron chi connectivity index (χ3n) is 4.79. The lowest BCUT2D eigenvalue weighted by atomic mass is 10.2. The first-order valence-corrected chi connectivity index (χ1v) is 9.34. The van der Waals surface area contributed by atoms with Crippen molar-refractivity contribution in [2.45, 2.75) is 33.2 Å². The van der Waals surface area contributed by atoms with E-state index >= 15 is 0 Å². The van der Waals surface area contributed by atoms with Crippen molar-refractivity contribution in [2.24, 2.45) is 0 Å². The maximum absolute atomic E-state index is 12.0. The summed E-state index contributed by atoms with van der Waals surface area (Å²) in [5, 5.41) is 17.7. The van der Waals surface area contributed by atoms with Crippen molar-refractivity contribution < 1.29 is 19.2 Å². The molecule has 10 heteroatoms. The van der Waals surface area contributed by atoms with Gasteiger partial charge in [-0.3, -0.25) is 24.4 Å². The minimum atomic E-state index is -0.704. The molecular weight excluding hydrogens is 378 g/mol. The molecule has 3 rings (SSSR count). The van der Waals surface area contributed by atoms with Gasteiger partial charge in [-0.05, 0) is 51.0 Å². The predicted molar refractivity (Wildman–Crippen MR) is 106 cm³/mol. The van der Waals surface area contributed by atoms with Gasteiger partial charge in [0.1, 0.15) is 17.9 Å². The van der Waals surface area contributed by atoms with Crippen LogP contribution in [0.2, 0.25) is 0 Å². The largest absolute Gasteiger partial charge is 0.454 e. The van der Waals surface area contributed by atoms with Crippen LogP contribution in [0, 0.1) is 24.0 Å². The predicted octanol–water partition coefficient (Wildman–Crippen LogP) is 2.19. The summed E-state index contributed by atoms with van der Waals surface area (Å²) in [6, 6.07) is 7.51. The van der Waals surface area contributed by atoms with Crippen LogP contribution in [0.1, 0.15) is 24.2 Å². The topological polar surface area (TPSA) is 120 Å². The second kappa shape index (κ2) is 8.72. The number of amides is 1. The lowest BCUT2D eigenvalue weighted by molar-refractivity contribution is -0.386. The zero-order chi connectivity index (χ0) is 21.0. The van der Waals surface area contributed by atoms with Crippen LogP contribution >= 0.6 is 0 Å². The summed E-state index contributed by atoms with van der Waals surface area (Å²) in [4.78, 5) is 36.7. The molecule has 2 aromatic rings. The number of anilines is 2. The lowest BCUT2D eigenvalue weighted by Gasteiger charge is -2.17. The molecule has 29 heavy (non-hydrogen) atoms. The second-order valence-electron chi connectivity index (χ2n) is 6.88. The summed E-state index contributed by atoms with van der Waals surface area (Å²) in [7, 11) is 0. The van der Waals surface area contributed by atoms with Crippen LogP contribution in [0.25, 0.3) is 0 Å². The molecule has 0 aliphatic carbocycles. The Morgan fingerprint density at radius 3 is 2.45 bits per heavy atom. The zero-order valence-electron chi connectivity index (χ0n) is 16.4. The summed E-state index contributed by atoms with van der Waals surface area (Å²) in [5.41, 5.74) is 2.07. The molecule has 1 saturated heterocycles. The fraction of sp³-hybridized carbons (Fsp3) is 0.421. The van der Waals surface area contributed by atoms with Crippen molar-refractivity contribution in [3.05, 3.63) is 45.8 Å². The summed E-state index contributed by atoms with van der Waals surface area (Å²) in [6.07, 6.45) is 2.38. The Bertz CT molecular complexity index is 916. The zero-order valence-corrected chi connectivity index (χ0v) is 16.4.